The van der Waals surface area contributed by atoms with Gasteiger partial charge in [0.1, 0.15) is 11.9 Å². The molecule has 15 heavy (non-hydrogen) atoms. The molecule has 1 atom stereocenters. The monoisotopic (exact) mass is 208 g/mol. The molecule has 1 aromatic rings. The second-order valence-corrected chi connectivity index (χ2v) is 3.46. The Morgan fingerprint density at radius 2 is 2.27 bits per heavy atom. The minimum atomic E-state index is -0.558. The standard InChI is InChI=1S/C12H16O3/c1-3-7-15-12(9(2)13)10-5-4-6-11(14)8-10/h4-6,8,12,14H,3,7H2,1-2H3. The average molecular weight is 208 g/mol. The first-order valence-corrected chi connectivity index (χ1v) is 5.06. The van der Waals surface area contributed by atoms with Crippen molar-refractivity contribution in [2.75, 3.05) is 6.61 Å². The molecule has 0 saturated heterocycles. The summed E-state index contributed by atoms with van der Waals surface area (Å²) in [4.78, 5) is 11.4. The van der Waals surface area contributed by atoms with Crippen LogP contribution in [-0.4, -0.2) is 17.5 Å². The van der Waals surface area contributed by atoms with Crippen molar-refractivity contribution >= 4 is 5.78 Å². The fourth-order valence-corrected chi connectivity index (χ4v) is 1.37. The van der Waals surface area contributed by atoms with Crippen LogP contribution in [0.5, 0.6) is 5.75 Å². The minimum absolute atomic E-state index is 0.0472. The highest BCUT2D eigenvalue weighted by Crippen LogP contribution is 2.22. The van der Waals surface area contributed by atoms with Gasteiger partial charge in [0, 0.05) is 6.61 Å². The first-order valence-electron chi connectivity index (χ1n) is 5.06. The summed E-state index contributed by atoms with van der Waals surface area (Å²) < 4.78 is 5.43. The number of carbonyl (C=O) groups excluding carboxylic acids is 1. The Kier molecular flexibility index (Phi) is 4.31. The lowest BCUT2D eigenvalue weighted by Gasteiger charge is -2.14. The lowest BCUT2D eigenvalue weighted by atomic mass is 10.1. The van der Waals surface area contributed by atoms with E-state index in [2.05, 4.69) is 0 Å². The molecule has 0 bridgehead atoms. The molecule has 0 saturated carbocycles. The molecule has 1 rings (SSSR count). The van der Waals surface area contributed by atoms with Crippen molar-refractivity contribution in [2.24, 2.45) is 0 Å². The fraction of sp³-hybridized carbons (Fsp3) is 0.417. The second-order valence-electron chi connectivity index (χ2n) is 3.46. The number of hydrogen-bond donors (Lipinski definition) is 1. The number of phenols is 1. The van der Waals surface area contributed by atoms with Crippen molar-refractivity contribution in [1.29, 1.82) is 0 Å². The molecular formula is C12H16O3. The molecular weight excluding hydrogens is 192 g/mol. The number of benzene rings is 1. The third-order valence-corrected chi connectivity index (χ3v) is 2.03. The summed E-state index contributed by atoms with van der Waals surface area (Å²) in [5, 5.41) is 9.30. The molecule has 0 aliphatic rings. The van der Waals surface area contributed by atoms with Crippen LogP contribution < -0.4 is 0 Å². The SMILES string of the molecule is CCCOC(C(C)=O)c1cccc(O)c1. The summed E-state index contributed by atoms with van der Waals surface area (Å²) in [5.41, 5.74) is 0.705. The minimum Gasteiger partial charge on any atom is -0.508 e. The number of Topliss-reactive ketones (excluding diaryl/α,β-unsaturated/α-hetero) is 1. The van der Waals surface area contributed by atoms with Crippen molar-refractivity contribution in [3.63, 3.8) is 0 Å². The molecule has 1 unspecified atom stereocenters. The Labute approximate surface area is 89.7 Å². The zero-order chi connectivity index (χ0) is 11.3. The molecule has 0 heterocycles. The fourth-order valence-electron chi connectivity index (χ4n) is 1.37. The number of hydrogen-bond acceptors (Lipinski definition) is 3. The van der Waals surface area contributed by atoms with Gasteiger partial charge >= 0.3 is 0 Å². The van der Waals surface area contributed by atoms with E-state index >= 15 is 0 Å². The van der Waals surface area contributed by atoms with Gasteiger partial charge in [-0.15, -0.1) is 0 Å². The second kappa shape index (κ2) is 5.51. The summed E-state index contributed by atoms with van der Waals surface area (Å²) >= 11 is 0. The number of phenolic OH excluding ortho intramolecular Hbond substituents is 1. The topological polar surface area (TPSA) is 46.5 Å². The highest BCUT2D eigenvalue weighted by molar-refractivity contribution is 5.82. The molecule has 0 amide bonds. The number of ether oxygens (including phenoxy) is 1. The number of rotatable bonds is 5. The van der Waals surface area contributed by atoms with E-state index in [4.69, 9.17) is 4.74 Å². The predicted molar refractivity (Wildman–Crippen MR) is 57.8 cm³/mol. The first-order chi connectivity index (χ1) is 7.15. The molecule has 0 aliphatic heterocycles. The smallest absolute Gasteiger partial charge is 0.163 e. The quantitative estimate of drug-likeness (QED) is 0.808. The van der Waals surface area contributed by atoms with Crippen molar-refractivity contribution in [3.8, 4) is 5.75 Å². The van der Waals surface area contributed by atoms with Crippen LogP contribution in [0.25, 0.3) is 0 Å². The van der Waals surface area contributed by atoms with Gasteiger partial charge in [0.25, 0.3) is 0 Å². The zero-order valence-electron chi connectivity index (χ0n) is 9.06. The molecule has 1 aromatic carbocycles. The normalized spacial score (nSPS) is 12.4. The Bertz CT molecular complexity index is 333. The zero-order valence-corrected chi connectivity index (χ0v) is 9.06. The van der Waals surface area contributed by atoms with Crippen LogP contribution in [0.2, 0.25) is 0 Å². The van der Waals surface area contributed by atoms with Crippen LogP contribution in [0.15, 0.2) is 24.3 Å². The van der Waals surface area contributed by atoms with Gasteiger partial charge in [0.15, 0.2) is 5.78 Å². The van der Waals surface area contributed by atoms with Crippen LogP contribution in [0.3, 0.4) is 0 Å². The molecule has 0 spiro atoms. The lowest BCUT2D eigenvalue weighted by Crippen LogP contribution is -2.13. The van der Waals surface area contributed by atoms with E-state index in [9.17, 15) is 9.90 Å². The highest BCUT2D eigenvalue weighted by Gasteiger charge is 2.16. The van der Waals surface area contributed by atoms with E-state index < -0.39 is 6.10 Å². The molecule has 0 fully saturated rings. The van der Waals surface area contributed by atoms with Crippen molar-refractivity contribution in [1.82, 2.24) is 0 Å². The number of ketones is 1. The van der Waals surface area contributed by atoms with E-state index in [-0.39, 0.29) is 11.5 Å². The van der Waals surface area contributed by atoms with Gasteiger partial charge in [-0.2, -0.15) is 0 Å². The Hall–Kier alpha value is -1.35. The van der Waals surface area contributed by atoms with Gasteiger partial charge in [0.05, 0.1) is 0 Å². The summed E-state index contributed by atoms with van der Waals surface area (Å²) in [7, 11) is 0. The highest BCUT2D eigenvalue weighted by atomic mass is 16.5. The predicted octanol–water partition coefficient (Wildman–Crippen LogP) is 2.45. The molecule has 82 valence electrons. The Morgan fingerprint density at radius 3 is 2.80 bits per heavy atom. The van der Waals surface area contributed by atoms with E-state index in [0.29, 0.717) is 12.2 Å². The third kappa shape index (κ3) is 3.36. The number of carbonyl (C=O) groups is 1. The van der Waals surface area contributed by atoms with E-state index in [1.54, 1.807) is 24.3 Å². The molecule has 0 aliphatic carbocycles. The van der Waals surface area contributed by atoms with Crippen molar-refractivity contribution in [3.05, 3.63) is 29.8 Å². The van der Waals surface area contributed by atoms with E-state index in [0.717, 1.165) is 6.42 Å². The first kappa shape index (κ1) is 11.7. The summed E-state index contributed by atoms with van der Waals surface area (Å²) in [6.45, 7) is 4.02. The summed E-state index contributed by atoms with van der Waals surface area (Å²) in [6.07, 6.45) is 0.305. The summed E-state index contributed by atoms with van der Waals surface area (Å²) in [6, 6.07) is 6.61. The molecule has 3 nitrogen and oxygen atoms in total. The maximum absolute atomic E-state index is 11.4. The maximum atomic E-state index is 11.4. The molecule has 3 heteroatoms. The van der Waals surface area contributed by atoms with Gasteiger partial charge in [-0.25, -0.2) is 0 Å². The van der Waals surface area contributed by atoms with Gasteiger partial charge in [-0.3, -0.25) is 4.79 Å². The molecule has 1 N–H and O–H groups in total. The van der Waals surface area contributed by atoms with Crippen molar-refractivity contribution < 1.29 is 14.6 Å². The van der Waals surface area contributed by atoms with Gasteiger partial charge in [-0.1, -0.05) is 19.1 Å². The van der Waals surface area contributed by atoms with Crippen LogP contribution in [0.4, 0.5) is 0 Å². The summed E-state index contributed by atoms with van der Waals surface area (Å²) in [5.74, 6) is 0.105. The van der Waals surface area contributed by atoms with Crippen LogP contribution in [0, 0.1) is 0 Å². The van der Waals surface area contributed by atoms with Crippen LogP contribution in [-0.2, 0) is 9.53 Å². The largest absolute Gasteiger partial charge is 0.508 e. The van der Waals surface area contributed by atoms with E-state index in [1.807, 2.05) is 6.92 Å². The molecule has 0 radical (unpaired) electrons. The van der Waals surface area contributed by atoms with Crippen LogP contribution in [0.1, 0.15) is 31.9 Å². The lowest BCUT2D eigenvalue weighted by molar-refractivity contribution is -0.128. The van der Waals surface area contributed by atoms with Crippen LogP contribution >= 0.6 is 0 Å². The van der Waals surface area contributed by atoms with Crippen molar-refractivity contribution in [2.45, 2.75) is 26.4 Å². The molecule has 0 aromatic heterocycles. The Morgan fingerprint density at radius 1 is 1.53 bits per heavy atom. The van der Waals surface area contributed by atoms with Gasteiger partial charge in [0.2, 0.25) is 0 Å². The third-order valence-electron chi connectivity index (χ3n) is 2.03. The average Bonchev–Trinajstić information content (AvgIpc) is 2.18. The maximum Gasteiger partial charge on any atom is 0.163 e. The Balaban J connectivity index is 2.84. The van der Waals surface area contributed by atoms with Gasteiger partial charge in [-0.05, 0) is 31.0 Å². The number of aromatic hydroxyl groups is 1. The van der Waals surface area contributed by atoms with E-state index in [1.165, 1.54) is 6.92 Å². The van der Waals surface area contributed by atoms with Gasteiger partial charge < -0.3 is 9.84 Å².